The number of aromatic nitrogens is 4. The van der Waals surface area contributed by atoms with Crippen molar-refractivity contribution < 1.29 is 13.5 Å². The molecule has 1 unspecified atom stereocenters. The summed E-state index contributed by atoms with van der Waals surface area (Å²) in [6, 6.07) is 10.5. The molecule has 7 nitrogen and oxygen atoms in total. The molecule has 1 atom stereocenters. The number of ether oxygens (including phenoxy) is 1. The average Bonchev–Trinajstić information content (AvgIpc) is 3.54. The third kappa shape index (κ3) is 4.31. The number of nitrogens with one attached hydrogen (secondary N) is 1. The molecular formula is C23H21F2N5O2S. The molecule has 170 valence electrons. The van der Waals surface area contributed by atoms with E-state index in [0.717, 1.165) is 52.0 Å². The second-order valence-corrected chi connectivity index (χ2v) is 8.86. The Hall–Kier alpha value is -3.37. The number of halogens is 2. The van der Waals surface area contributed by atoms with Gasteiger partial charge in [-0.25, -0.2) is 18.6 Å². The van der Waals surface area contributed by atoms with Gasteiger partial charge in [0, 0.05) is 18.0 Å². The fourth-order valence-electron chi connectivity index (χ4n) is 3.77. The minimum atomic E-state index is -0.707. The van der Waals surface area contributed by atoms with E-state index in [1.54, 1.807) is 35.6 Å². The average molecular weight is 470 g/mol. The molecule has 1 N–H and O–H groups in total. The SMILES string of the molecule is Cc1nc(C2CCNC2)sc1Oc1ccc(-n2ncn(Cc3c(F)cccc3F)c2=O)cc1. The van der Waals surface area contributed by atoms with E-state index in [0.29, 0.717) is 17.4 Å². The van der Waals surface area contributed by atoms with Gasteiger partial charge in [0.2, 0.25) is 5.06 Å². The smallest absolute Gasteiger partial charge is 0.350 e. The number of thiazole rings is 1. The van der Waals surface area contributed by atoms with Crippen molar-refractivity contribution in [3.8, 4) is 16.5 Å². The van der Waals surface area contributed by atoms with Gasteiger partial charge in [0.25, 0.3) is 0 Å². The third-order valence-electron chi connectivity index (χ3n) is 5.60. The molecule has 1 aliphatic heterocycles. The van der Waals surface area contributed by atoms with E-state index in [9.17, 15) is 13.6 Å². The highest BCUT2D eigenvalue weighted by Crippen LogP contribution is 2.36. The molecule has 0 radical (unpaired) electrons. The van der Waals surface area contributed by atoms with Gasteiger partial charge in [-0.3, -0.25) is 4.57 Å². The third-order valence-corrected chi connectivity index (χ3v) is 6.79. The van der Waals surface area contributed by atoms with Crippen LogP contribution in [0, 0.1) is 18.6 Å². The Bertz CT molecular complexity index is 1320. The summed E-state index contributed by atoms with van der Waals surface area (Å²) < 4.78 is 36.2. The molecule has 4 aromatic rings. The Morgan fingerprint density at radius 3 is 2.64 bits per heavy atom. The second kappa shape index (κ2) is 8.87. The molecule has 1 aliphatic rings. The van der Waals surface area contributed by atoms with E-state index < -0.39 is 17.3 Å². The quantitative estimate of drug-likeness (QED) is 0.462. The first-order valence-electron chi connectivity index (χ1n) is 10.5. The molecule has 1 fully saturated rings. The lowest BCUT2D eigenvalue weighted by molar-refractivity contribution is 0.491. The van der Waals surface area contributed by atoms with Crippen LogP contribution in [-0.2, 0) is 6.54 Å². The number of hydrogen-bond acceptors (Lipinski definition) is 6. The minimum Gasteiger partial charge on any atom is -0.445 e. The van der Waals surface area contributed by atoms with E-state index in [1.165, 1.54) is 17.1 Å². The zero-order valence-electron chi connectivity index (χ0n) is 17.8. The van der Waals surface area contributed by atoms with Crippen molar-refractivity contribution in [3.63, 3.8) is 0 Å². The summed E-state index contributed by atoms with van der Waals surface area (Å²) in [5.74, 6) is -0.375. The van der Waals surface area contributed by atoms with Crippen LogP contribution in [0.3, 0.4) is 0 Å². The summed E-state index contributed by atoms with van der Waals surface area (Å²) in [6.45, 7) is 3.62. The summed E-state index contributed by atoms with van der Waals surface area (Å²) in [4.78, 5) is 17.4. The maximum atomic E-state index is 13.9. The molecule has 0 spiro atoms. The lowest BCUT2D eigenvalue weighted by atomic mass is 10.1. The molecule has 0 amide bonds. The lowest BCUT2D eigenvalue weighted by Gasteiger charge is -2.06. The molecule has 2 aromatic carbocycles. The van der Waals surface area contributed by atoms with Gasteiger partial charge in [0.05, 0.1) is 17.9 Å². The number of benzene rings is 2. The largest absolute Gasteiger partial charge is 0.445 e. The number of aryl methyl sites for hydroxylation is 1. The van der Waals surface area contributed by atoms with Crippen LogP contribution < -0.4 is 15.7 Å². The predicted molar refractivity (Wildman–Crippen MR) is 120 cm³/mol. The van der Waals surface area contributed by atoms with Crippen LogP contribution >= 0.6 is 11.3 Å². The van der Waals surface area contributed by atoms with Crippen molar-refractivity contribution in [2.45, 2.75) is 25.8 Å². The highest BCUT2D eigenvalue weighted by molar-refractivity contribution is 7.13. The topological polar surface area (TPSA) is 74.0 Å². The fraction of sp³-hybridized carbons (Fsp3) is 0.261. The molecule has 2 aromatic heterocycles. The maximum Gasteiger partial charge on any atom is 0.350 e. The Balaban J connectivity index is 1.33. The Morgan fingerprint density at radius 2 is 1.94 bits per heavy atom. The molecule has 10 heteroatoms. The van der Waals surface area contributed by atoms with E-state index in [2.05, 4.69) is 15.4 Å². The van der Waals surface area contributed by atoms with Crippen molar-refractivity contribution in [3.05, 3.63) is 87.2 Å². The van der Waals surface area contributed by atoms with Crippen molar-refractivity contribution in [1.29, 1.82) is 0 Å². The van der Waals surface area contributed by atoms with Crippen molar-refractivity contribution in [1.82, 2.24) is 24.6 Å². The molecule has 0 aliphatic carbocycles. The van der Waals surface area contributed by atoms with Crippen LogP contribution in [0.25, 0.3) is 5.69 Å². The molecule has 0 bridgehead atoms. The lowest BCUT2D eigenvalue weighted by Crippen LogP contribution is -2.24. The van der Waals surface area contributed by atoms with E-state index in [-0.39, 0.29) is 12.1 Å². The molecule has 33 heavy (non-hydrogen) atoms. The van der Waals surface area contributed by atoms with Crippen molar-refractivity contribution in [2.24, 2.45) is 0 Å². The van der Waals surface area contributed by atoms with Gasteiger partial charge in [0.15, 0.2) is 0 Å². The first kappa shape index (κ1) is 21.5. The van der Waals surface area contributed by atoms with Crippen LogP contribution in [0.15, 0.2) is 53.6 Å². The van der Waals surface area contributed by atoms with E-state index >= 15 is 0 Å². The van der Waals surface area contributed by atoms with Crippen LogP contribution in [0.4, 0.5) is 8.78 Å². The number of nitrogens with zero attached hydrogens (tertiary/aromatic N) is 4. The van der Waals surface area contributed by atoms with Crippen molar-refractivity contribution in [2.75, 3.05) is 13.1 Å². The van der Waals surface area contributed by atoms with Crippen LogP contribution in [0.1, 0.15) is 28.6 Å². The summed E-state index contributed by atoms with van der Waals surface area (Å²) in [5, 5.41) is 9.26. The molecule has 1 saturated heterocycles. The van der Waals surface area contributed by atoms with Gasteiger partial charge >= 0.3 is 5.69 Å². The first-order chi connectivity index (χ1) is 16.0. The summed E-state index contributed by atoms with van der Waals surface area (Å²) in [5.41, 5.74) is 0.676. The van der Waals surface area contributed by atoms with Crippen LogP contribution in [-0.4, -0.2) is 32.4 Å². The van der Waals surface area contributed by atoms with E-state index in [4.69, 9.17) is 4.74 Å². The fourth-order valence-corrected chi connectivity index (χ4v) is 4.85. The van der Waals surface area contributed by atoms with E-state index in [1.807, 2.05) is 6.92 Å². The normalized spacial score (nSPS) is 15.8. The summed E-state index contributed by atoms with van der Waals surface area (Å²) >= 11 is 1.56. The Labute approximate surface area is 192 Å². The highest BCUT2D eigenvalue weighted by Gasteiger charge is 2.22. The monoisotopic (exact) mass is 469 g/mol. The maximum absolute atomic E-state index is 13.9. The molecule has 0 saturated carbocycles. The first-order valence-corrected chi connectivity index (χ1v) is 11.3. The highest BCUT2D eigenvalue weighted by atomic mass is 32.1. The van der Waals surface area contributed by atoms with Crippen LogP contribution in [0.2, 0.25) is 0 Å². The zero-order valence-corrected chi connectivity index (χ0v) is 18.6. The number of hydrogen-bond donors (Lipinski definition) is 1. The van der Waals surface area contributed by atoms with Gasteiger partial charge in [-0.05, 0) is 56.3 Å². The van der Waals surface area contributed by atoms with Gasteiger partial charge in [-0.15, -0.1) is 0 Å². The molecular weight excluding hydrogens is 448 g/mol. The number of rotatable bonds is 6. The zero-order chi connectivity index (χ0) is 22.9. The molecule has 3 heterocycles. The second-order valence-electron chi connectivity index (χ2n) is 7.86. The predicted octanol–water partition coefficient (Wildman–Crippen LogP) is 3.99. The standard InChI is InChI=1S/C23H21F2N5O2S/c1-14-22(33-21(28-14)15-9-10-26-11-15)32-17-7-5-16(6-8-17)30-23(31)29(13-27-30)12-18-19(24)3-2-4-20(18)25/h2-8,13,15,26H,9-12H2,1H3. The van der Waals surface area contributed by atoms with Gasteiger partial charge < -0.3 is 10.1 Å². The minimum absolute atomic E-state index is 0.185. The van der Waals surface area contributed by atoms with Gasteiger partial charge in [-0.1, -0.05) is 17.4 Å². The Morgan fingerprint density at radius 1 is 1.18 bits per heavy atom. The molecule has 5 rings (SSSR count). The Kier molecular flexibility index (Phi) is 5.77. The van der Waals surface area contributed by atoms with Gasteiger partial charge in [-0.2, -0.15) is 9.78 Å². The summed E-state index contributed by atoms with van der Waals surface area (Å²) in [7, 11) is 0. The van der Waals surface area contributed by atoms with Crippen molar-refractivity contribution >= 4 is 11.3 Å². The summed E-state index contributed by atoms with van der Waals surface area (Å²) in [6.07, 6.45) is 2.34. The van der Waals surface area contributed by atoms with Gasteiger partial charge in [0.1, 0.15) is 28.7 Å². The van der Waals surface area contributed by atoms with Crippen LogP contribution in [0.5, 0.6) is 10.8 Å².